The third-order valence-corrected chi connectivity index (χ3v) is 6.10. The summed E-state index contributed by atoms with van der Waals surface area (Å²) in [6.45, 7) is 2.98. The Morgan fingerprint density at radius 2 is 2.13 bits per heavy atom. The minimum atomic E-state index is -0.531. The molecule has 1 aliphatic carbocycles. The molecule has 2 aromatic rings. The number of ether oxygens (including phenoxy) is 1. The molecular weight excluding hydrogens is 404 g/mol. The molecule has 10 heteroatoms. The Bertz CT molecular complexity index is 844. The fraction of sp³-hybridized carbons (Fsp3) is 0.550. The molecule has 0 saturated heterocycles. The van der Waals surface area contributed by atoms with Crippen LogP contribution >= 0.6 is 11.8 Å². The molecule has 0 aliphatic heterocycles. The number of nitrogens with one attached hydrogen (secondary N) is 2. The van der Waals surface area contributed by atoms with E-state index in [2.05, 4.69) is 37.3 Å². The molecule has 0 bridgehead atoms. The van der Waals surface area contributed by atoms with Crippen molar-refractivity contribution in [3.63, 3.8) is 0 Å². The van der Waals surface area contributed by atoms with Gasteiger partial charge in [0.25, 0.3) is 0 Å². The van der Waals surface area contributed by atoms with Gasteiger partial charge in [-0.25, -0.2) is 4.79 Å². The highest BCUT2D eigenvalue weighted by Gasteiger charge is 2.29. The van der Waals surface area contributed by atoms with E-state index < -0.39 is 6.03 Å². The minimum absolute atomic E-state index is 0.0734. The molecule has 3 rings (SSSR count). The van der Waals surface area contributed by atoms with Crippen LogP contribution < -0.4 is 10.6 Å². The number of nitrogens with zero attached hydrogens (tertiary/aromatic N) is 4. The van der Waals surface area contributed by atoms with Gasteiger partial charge in [-0.3, -0.25) is 19.7 Å². The number of hydrogen-bond acceptors (Lipinski definition) is 7. The van der Waals surface area contributed by atoms with E-state index >= 15 is 0 Å². The van der Waals surface area contributed by atoms with Crippen molar-refractivity contribution in [2.24, 2.45) is 5.92 Å². The molecule has 0 radical (unpaired) electrons. The summed E-state index contributed by atoms with van der Waals surface area (Å²) in [4.78, 5) is 28.1. The molecule has 0 spiro atoms. The van der Waals surface area contributed by atoms with Crippen LogP contribution in [0.4, 0.5) is 4.79 Å². The average Bonchev–Trinajstić information content (AvgIpc) is 3.17. The number of amides is 3. The number of carbonyl (C=O) groups excluding carboxylic acids is 2. The molecule has 1 fully saturated rings. The highest BCUT2D eigenvalue weighted by atomic mass is 32.2. The molecule has 2 aromatic heterocycles. The first-order valence-electron chi connectivity index (χ1n) is 10.1. The zero-order chi connectivity index (χ0) is 21.3. The third-order valence-electron chi connectivity index (χ3n) is 5.16. The molecule has 30 heavy (non-hydrogen) atoms. The molecule has 0 unspecified atom stereocenters. The van der Waals surface area contributed by atoms with Crippen molar-refractivity contribution in [2.45, 2.75) is 43.8 Å². The molecule has 9 nitrogen and oxygen atoms in total. The van der Waals surface area contributed by atoms with Crippen molar-refractivity contribution in [1.82, 2.24) is 30.4 Å². The number of methoxy groups -OCH3 is 1. The zero-order valence-corrected chi connectivity index (χ0v) is 18.2. The molecule has 2 N–H and O–H groups in total. The van der Waals surface area contributed by atoms with E-state index in [1.54, 1.807) is 19.5 Å². The summed E-state index contributed by atoms with van der Waals surface area (Å²) in [5.74, 6) is 0.945. The van der Waals surface area contributed by atoms with Gasteiger partial charge in [0.15, 0.2) is 11.0 Å². The second kappa shape index (κ2) is 11.1. The Morgan fingerprint density at radius 1 is 1.30 bits per heavy atom. The number of pyridine rings is 1. The SMILES string of the molecule is COCCNC(=O)NC(=O)CSc1nnc(-c2cccnc2)n1[C@H]1CCCC[C@@H]1C. The molecule has 0 aromatic carbocycles. The fourth-order valence-electron chi connectivity index (χ4n) is 3.65. The Balaban J connectivity index is 1.72. The van der Waals surface area contributed by atoms with Crippen LogP contribution in [0.3, 0.4) is 0 Å². The van der Waals surface area contributed by atoms with Crippen molar-refractivity contribution in [3.05, 3.63) is 24.5 Å². The topological polar surface area (TPSA) is 111 Å². The van der Waals surface area contributed by atoms with Gasteiger partial charge in [0.1, 0.15) is 0 Å². The van der Waals surface area contributed by atoms with Crippen molar-refractivity contribution >= 4 is 23.7 Å². The quantitative estimate of drug-likeness (QED) is 0.487. The van der Waals surface area contributed by atoms with Crippen molar-refractivity contribution in [2.75, 3.05) is 26.0 Å². The summed E-state index contributed by atoms with van der Waals surface area (Å²) < 4.78 is 7.02. The van der Waals surface area contributed by atoms with Gasteiger partial charge in [-0.05, 0) is 30.9 Å². The summed E-state index contributed by atoms with van der Waals surface area (Å²) in [6.07, 6.45) is 8.09. The molecule has 3 amide bonds. The van der Waals surface area contributed by atoms with Gasteiger partial charge < -0.3 is 10.1 Å². The fourth-order valence-corrected chi connectivity index (χ4v) is 4.44. The monoisotopic (exact) mass is 432 g/mol. The predicted molar refractivity (Wildman–Crippen MR) is 114 cm³/mol. The molecule has 1 saturated carbocycles. The number of thioether (sulfide) groups is 1. The Labute approximate surface area is 180 Å². The van der Waals surface area contributed by atoms with Crippen LogP contribution in [0, 0.1) is 5.92 Å². The first-order chi connectivity index (χ1) is 14.6. The maximum atomic E-state index is 12.2. The van der Waals surface area contributed by atoms with E-state index in [1.165, 1.54) is 18.2 Å². The molecular formula is C20H28N6O3S. The molecule has 2 heterocycles. The lowest BCUT2D eigenvalue weighted by molar-refractivity contribution is -0.117. The lowest BCUT2D eigenvalue weighted by Crippen LogP contribution is -2.41. The van der Waals surface area contributed by atoms with Gasteiger partial charge in [-0.1, -0.05) is 31.5 Å². The van der Waals surface area contributed by atoms with Gasteiger partial charge in [0.2, 0.25) is 5.91 Å². The van der Waals surface area contributed by atoms with Crippen LogP contribution in [-0.4, -0.2) is 57.7 Å². The normalized spacial score (nSPS) is 18.7. The lowest BCUT2D eigenvalue weighted by Gasteiger charge is -2.31. The number of carbonyl (C=O) groups is 2. The summed E-state index contributed by atoms with van der Waals surface area (Å²) in [5.41, 5.74) is 0.900. The van der Waals surface area contributed by atoms with Gasteiger partial charge in [-0.2, -0.15) is 0 Å². The van der Waals surface area contributed by atoms with Gasteiger partial charge >= 0.3 is 6.03 Å². The summed E-state index contributed by atoms with van der Waals surface area (Å²) in [7, 11) is 1.55. The van der Waals surface area contributed by atoms with Gasteiger partial charge in [-0.15, -0.1) is 10.2 Å². The molecule has 2 atom stereocenters. The van der Waals surface area contributed by atoms with Crippen LogP contribution in [0.1, 0.15) is 38.6 Å². The van der Waals surface area contributed by atoms with Crippen LogP contribution in [0.15, 0.2) is 29.7 Å². The second-order valence-electron chi connectivity index (χ2n) is 7.33. The minimum Gasteiger partial charge on any atom is -0.383 e. The second-order valence-corrected chi connectivity index (χ2v) is 8.28. The van der Waals surface area contributed by atoms with Gasteiger partial charge in [0, 0.05) is 37.7 Å². The van der Waals surface area contributed by atoms with E-state index in [9.17, 15) is 9.59 Å². The standard InChI is InChI=1S/C20H28N6O3S/c1-14-6-3-4-8-16(14)26-18(15-7-5-9-21-12-15)24-25-20(26)30-13-17(27)23-19(28)22-10-11-29-2/h5,7,9,12,14,16H,3-4,6,8,10-11,13H2,1-2H3,(H2,22,23,27,28)/t14-,16-/m0/s1. The number of rotatable bonds is 8. The Hall–Kier alpha value is -2.46. The highest BCUT2D eigenvalue weighted by molar-refractivity contribution is 7.99. The maximum Gasteiger partial charge on any atom is 0.321 e. The van der Waals surface area contributed by atoms with E-state index in [0.29, 0.717) is 24.2 Å². The third kappa shape index (κ3) is 5.79. The van der Waals surface area contributed by atoms with Crippen molar-refractivity contribution in [3.8, 4) is 11.4 Å². The number of imide groups is 1. The van der Waals surface area contributed by atoms with E-state index in [-0.39, 0.29) is 17.7 Å². The maximum absolute atomic E-state index is 12.2. The van der Waals surface area contributed by atoms with Crippen molar-refractivity contribution < 1.29 is 14.3 Å². The average molecular weight is 433 g/mol. The van der Waals surface area contributed by atoms with Crippen LogP contribution in [0.25, 0.3) is 11.4 Å². The van der Waals surface area contributed by atoms with Crippen LogP contribution in [0.2, 0.25) is 0 Å². The largest absolute Gasteiger partial charge is 0.383 e. The summed E-state index contributed by atoms with van der Waals surface area (Å²) in [5, 5.41) is 14.3. The van der Waals surface area contributed by atoms with Crippen molar-refractivity contribution in [1.29, 1.82) is 0 Å². The molecule has 1 aliphatic rings. The van der Waals surface area contributed by atoms with Gasteiger partial charge in [0.05, 0.1) is 12.4 Å². The first-order valence-corrected chi connectivity index (χ1v) is 11.1. The summed E-state index contributed by atoms with van der Waals surface area (Å²) >= 11 is 1.29. The Kier molecular flexibility index (Phi) is 8.21. The lowest BCUT2D eigenvalue weighted by atomic mass is 9.85. The smallest absolute Gasteiger partial charge is 0.321 e. The number of urea groups is 1. The van der Waals surface area contributed by atoms with Crippen LogP contribution in [0.5, 0.6) is 0 Å². The first kappa shape index (κ1) is 22.2. The highest BCUT2D eigenvalue weighted by Crippen LogP contribution is 2.38. The Morgan fingerprint density at radius 3 is 2.87 bits per heavy atom. The number of aromatic nitrogens is 4. The van der Waals surface area contributed by atoms with Crippen LogP contribution in [-0.2, 0) is 9.53 Å². The number of hydrogen-bond donors (Lipinski definition) is 2. The van der Waals surface area contributed by atoms with E-state index in [1.807, 2.05) is 12.1 Å². The predicted octanol–water partition coefficient (Wildman–Crippen LogP) is 2.66. The van der Waals surface area contributed by atoms with E-state index in [4.69, 9.17) is 4.74 Å². The van der Waals surface area contributed by atoms with E-state index in [0.717, 1.165) is 30.7 Å². The molecule has 162 valence electrons. The zero-order valence-electron chi connectivity index (χ0n) is 17.3. The summed E-state index contributed by atoms with van der Waals surface area (Å²) in [6, 6.07) is 3.58.